The predicted molar refractivity (Wildman–Crippen MR) is 138 cm³/mol. The van der Waals surface area contributed by atoms with Gasteiger partial charge >= 0.3 is 6.11 Å². The smallest absolute Gasteiger partial charge is 0.400 e. The Morgan fingerprint density at radius 1 is 0.800 bits per heavy atom. The average Bonchev–Trinajstić information content (AvgIpc) is 2.93. The summed E-state index contributed by atoms with van der Waals surface area (Å²) < 4.78 is 89.9. The van der Waals surface area contributed by atoms with Gasteiger partial charge < -0.3 is 14.2 Å². The van der Waals surface area contributed by atoms with Crippen LogP contribution in [0.4, 0.5) is 22.0 Å². The Bertz CT molecular complexity index is 1200. The minimum atomic E-state index is -3.52. The standard InChI is InChI=1S/C31H34F5NO3/c1-18-2-4-19(5-3-18)22-16-38-30(39-17-22)20-6-8-23(9-7-20)31(35,36)40-24-10-11-25(29(34)14-24)21-12-27(32)26(15-37)28(33)13-21/h10-14,18-20,22-23,30H,2-9,16-17H2,1H3. The molecule has 3 aliphatic rings. The summed E-state index contributed by atoms with van der Waals surface area (Å²) in [7, 11) is 0. The molecule has 1 heterocycles. The lowest BCUT2D eigenvalue weighted by molar-refractivity contribution is -0.251. The first kappa shape index (κ1) is 28.8. The Morgan fingerprint density at radius 2 is 1.40 bits per heavy atom. The Morgan fingerprint density at radius 3 is 1.98 bits per heavy atom. The van der Waals surface area contributed by atoms with Crippen molar-refractivity contribution in [3.8, 4) is 22.9 Å². The average molecular weight is 564 g/mol. The van der Waals surface area contributed by atoms with E-state index in [1.807, 2.05) is 0 Å². The van der Waals surface area contributed by atoms with Gasteiger partial charge in [0.05, 0.1) is 19.1 Å². The van der Waals surface area contributed by atoms with E-state index in [0.29, 0.717) is 37.9 Å². The molecule has 216 valence electrons. The second-order valence-electron chi connectivity index (χ2n) is 11.7. The topological polar surface area (TPSA) is 51.5 Å². The zero-order valence-electron chi connectivity index (χ0n) is 22.5. The fourth-order valence-corrected chi connectivity index (χ4v) is 6.43. The van der Waals surface area contributed by atoms with Gasteiger partial charge in [0, 0.05) is 23.5 Å². The summed E-state index contributed by atoms with van der Waals surface area (Å²) in [4.78, 5) is 0. The summed E-state index contributed by atoms with van der Waals surface area (Å²) in [5, 5.41) is 8.81. The van der Waals surface area contributed by atoms with Crippen LogP contribution in [0.2, 0.25) is 0 Å². The molecular formula is C31H34F5NO3. The number of halogens is 5. The van der Waals surface area contributed by atoms with E-state index in [-0.39, 0.29) is 41.9 Å². The van der Waals surface area contributed by atoms with Crippen molar-refractivity contribution in [3.05, 3.63) is 53.3 Å². The lowest BCUT2D eigenvalue weighted by atomic mass is 9.76. The Kier molecular flexibility index (Phi) is 8.67. The SMILES string of the molecule is CC1CCC(C2COC(C3CCC(C(F)(F)Oc4ccc(-c5cc(F)c(C#N)c(F)c5)c(F)c4)CC3)OC2)CC1. The molecule has 0 spiro atoms. The number of nitrogens with zero attached hydrogens (tertiary/aromatic N) is 1. The van der Waals surface area contributed by atoms with Crippen molar-refractivity contribution in [1.29, 1.82) is 5.26 Å². The van der Waals surface area contributed by atoms with Crippen molar-refractivity contribution in [2.75, 3.05) is 13.2 Å². The predicted octanol–water partition coefficient (Wildman–Crippen LogP) is 8.24. The van der Waals surface area contributed by atoms with Gasteiger partial charge in [-0.2, -0.15) is 14.0 Å². The Balaban J connectivity index is 1.14. The molecule has 0 radical (unpaired) electrons. The van der Waals surface area contributed by atoms with Gasteiger partial charge in [-0.25, -0.2) is 13.2 Å². The zero-order chi connectivity index (χ0) is 28.4. The van der Waals surface area contributed by atoms with Crippen LogP contribution in [0.1, 0.15) is 63.9 Å². The number of benzene rings is 2. The largest absolute Gasteiger partial charge is 0.432 e. The summed E-state index contributed by atoms with van der Waals surface area (Å²) in [5.74, 6) is -2.81. The van der Waals surface area contributed by atoms with Crippen LogP contribution in [0.3, 0.4) is 0 Å². The van der Waals surface area contributed by atoms with E-state index in [2.05, 4.69) is 6.92 Å². The number of nitriles is 1. The van der Waals surface area contributed by atoms with Crippen molar-refractivity contribution < 1.29 is 36.2 Å². The van der Waals surface area contributed by atoms with Gasteiger partial charge in [0.1, 0.15) is 34.8 Å². The molecule has 5 rings (SSSR count). The van der Waals surface area contributed by atoms with Crippen LogP contribution < -0.4 is 4.74 Å². The molecule has 2 aromatic rings. The van der Waals surface area contributed by atoms with Gasteiger partial charge in [0.2, 0.25) is 0 Å². The maximum absolute atomic E-state index is 15.1. The first-order valence-electron chi connectivity index (χ1n) is 14.1. The number of hydrogen-bond donors (Lipinski definition) is 0. The molecule has 0 atom stereocenters. The van der Waals surface area contributed by atoms with E-state index >= 15 is 8.78 Å². The highest BCUT2D eigenvalue weighted by atomic mass is 19.3. The van der Waals surface area contributed by atoms with Crippen LogP contribution >= 0.6 is 0 Å². The lowest BCUT2D eigenvalue weighted by Crippen LogP contribution is -2.43. The maximum atomic E-state index is 15.1. The highest BCUT2D eigenvalue weighted by Crippen LogP contribution is 2.43. The fourth-order valence-electron chi connectivity index (χ4n) is 6.43. The van der Waals surface area contributed by atoms with E-state index in [9.17, 15) is 13.2 Å². The molecule has 2 saturated carbocycles. The van der Waals surface area contributed by atoms with Gasteiger partial charge in [-0.1, -0.05) is 19.8 Å². The molecule has 40 heavy (non-hydrogen) atoms. The van der Waals surface area contributed by atoms with Crippen LogP contribution in [0.5, 0.6) is 5.75 Å². The maximum Gasteiger partial charge on any atom is 0.400 e. The Labute approximate surface area is 231 Å². The van der Waals surface area contributed by atoms with Crippen molar-refractivity contribution in [2.24, 2.45) is 29.6 Å². The van der Waals surface area contributed by atoms with Crippen LogP contribution in [0.25, 0.3) is 11.1 Å². The van der Waals surface area contributed by atoms with Crippen molar-refractivity contribution >= 4 is 0 Å². The van der Waals surface area contributed by atoms with Crippen LogP contribution in [0.15, 0.2) is 30.3 Å². The zero-order valence-corrected chi connectivity index (χ0v) is 22.5. The van der Waals surface area contributed by atoms with Gasteiger partial charge in [0.25, 0.3) is 0 Å². The summed E-state index contributed by atoms with van der Waals surface area (Å²) in [6, 6.07) is 6.08. The van der Waals surface area contributed by atoms with Crippen LogP contribution in [-0.2, 0) is 9.47 Å². The van der Waals surface area contributed by atoms with Crippen molar-refractivity contribution in [1.82, 2.24) is 0 Å². The van der Waals surface area contributed by atoms with E-state index in [1.54, 1.807) is 0 Å². The third-order valence-corrected chi connectivity index (χ3v) is 8.97. The minimum absolute atomic E-state index is 0.0457. The molecular weight excluding hydrogens is 529 g/mol. The van der Waals surface area contributed by atoms with Gasteiger partial charge in [-0.15, -0.1) is 0 Å². The monoisotopic (exact) mass is 563 g/mol. The molecule has 0 amide bonds. The second-order valence-corrected chi connectivity index (χ2v) is 11.7. The molecule has 1 aliphatic heterocycles. The van der Waals surface area contributed by atoms with Gasteiger partial charge in [-0.05, 0) is 80.2 Å². The molecule has 1 saturated heterocycles. The quantitative estimate of drug-likeness (QED) is 0.332. The molecule has 9 heteroatoms. The molecule has 0 unspecified atom stereocenters. The lowest BCUT2D eigenvalue weighted by Gasteiger charge is -2.41. The molecule has 2 aliphatic carbocycles. The summed E-state index contributed by atoms with van der Waals surface area (Å²) in [6.45, 7) is 3.61. The van der Waals surface area contributed by atoms with Gasteiger partial charge in [-0.3, -0.25) is 0 Å². The van der Waals surface area contributed by atoms with E-state index in [4.69, 9.17) is 19.5 Å². The third-order valence-electron chi connectivity index (χ3n) is 8.97. The number of rotatable bonds is 6. The van der Waals surface area contributed by atoms with E-state index < -0.39 is 35.0 Å². The van der Waals surface area contributed by atoms with E-state index in [0.717, 1.165) is 36.2 Å². The first-order valence-corrected chi connectivity index (χ1v) is 14.1. The molecule has 0 aromatic heterocycles. The molecule has 3 fully saturated rings. The van der Waals surface area contributed by atoms with Crippen LogP contribution in [0, 0.1) is 58.4 Å². The molecule has 0 bridgehead atoms. The van der Waals surface area contributed by atoms with Crippen molar-refractivity contribution in [2.45, 2.75) is 70.7 Å². The molecule has 4 nitrogen and oxygen atoms in total. The van der Waals surface area contributed by atoms with Crippen molar-refractivity contribution in [3.63, 3.8) is 0 Å². The highest BCUT2D eigenvalue weighted by molar-refractivity contribution is 5.66. The van der Waals surface area contributed by atoms with E-state index in [1.165, 1.54) is 31.8 Å². The summed E-state index contributed by atoms with van der Waals surface area (Å²) in [5.41, 5.74) is -1.14. The molecule has 2 aromatic carbocycles. The van der Waals surface area contributed by atoms with Crippen LogP contribution in [-0.4, -0.2) is 25.6 Å². The number of ether oxygens (including phenoxy) is 3. The highest BCUT2D eigenvalue weighted by Gasteiger charge is 2.46. The summed E-state index contributed by atoms with van der Waals surface area (Å²) >= 11 is 0. The minimum Gasteiger partial charge on any atom is -0.432 e. The fraction of sp³-hybridized carbons (Fsp3) is 0.581. The first-order chi connectivity index (χ1) is 19.1. The molecule has 0 N–H and O–H groups in total. The number of hydrogen-bond acceptors (Lipinski definition) is 4. The second kappa shape index (κ2) is 12.0. The summed E-state index contributed by atoms with van der Waals surface area (Å²) in [6.07, 6.45) is 2.50. The normalized spacial score (nSPS) is 29.5. The number of alkyl halides is 2. The third kappa shape index (κ3) is 6.28. The Hall–Kier alpha value is -2.70. The van der Waals surface area contributed by atoms with Gasteiger partial charge in [0.15, 0.2) is 6.29 Å².